The van der Waals surface area contributed by atoms with Gasteiger partial charge in [-0.1, -0.05) is 87.5 Å². The number of nitrogens with zero attached hydrogens (tertiary/aromatic N) is 1. The van der Waals surface area contributed by atoms with Gasteiger partial charge in [0.05, 0.1) is 6.04 Å². The lowest BCUT2D eigenvalue weighted by molar-refractivity contribution is -0.157. The number of hydrogen-bond acceptors (Lipinski definition) is 3. The molecule has 3 aromatic carbocycles. The number of fused-ring (bicyclic) bond motifs is 1. The van der Waals surface area contributed by atoms with Crippen LogP contribution in [0.25, 0.3) is 0 Å². The zero-order valence-electron chi connectivity index (χ0n) is 19.9. The summed E-state index contributed by atoms with van der Waals surface area (Å²) in [7, 11) is 0. The van der Waals surface area contributed by atoms with Crippen LogP contribution >= 0.6 is 0 Å². The average molecular weight is 458 g/mol. The Morgan fingerprint density at radius 2 is 1.62 bits per heavy atom. The molecule has 3 aromatic rings. The number of aliphatic carboxylic acids is 1. The predicted molar refractivity (Wildman–Crippen MR) is 132 cm³/mol. The summed E-state index contributed by atoms with van der Waals surface area (Å²) >= 11 is 0. The van der Waals surface area contributed by atoms with Crippen molar-refractivity contribution in [3.05, 3.63) is 101 Å². The van der Waals surface area contributed by atoms with Crippen molar-refractivity contribution in [2.24, 2.45) is 5.41 Å². The summed E-state index contributed by atoms with van der Waals surface area (Å²) < 4.78 is 6.00. The summed E-state index contributed by atoms with van der Waals surface area (Å²) in [5, 5.41) is 10.0. The molecule has 1 aliphatic heterocycles. The highest BCUT2D eigenvalue weighted by Crippen LogP contribution is 2.38. The lowest BCUT2D eigenvalue weighted by Gasteiger charge is -2.44. The van der Waals surface area contributed by atoms with E-state index < -0.39 is 17.4 Å². The van der Waals surface area contributed by atoms with Crippen molar-refractivity contribution in [1.29, 1.82) is 0 Å². The number of hydrogen-bond donors (Lipinski definition) is 1. The van der Waals surface area contributed by atoms with Crippen LogP contribution < -0.4 is 4.74 Å². The van der Waals surface area contributed by atoms with Gasteiger partial charge in [0.2, 0.25) is 5.91 Å². The second kappa shape index (κ2) is 9.72. The van der Waals surface area contributed by atoms with Gasteiger partial charge < -0.3 is 14.7 Å². The minimum Gasteiger partial charge on any atom is -0.489 e. The molecule has 0 saturated carbocycles. The third kappa shape index (κ3) is 5.14. The van der Waals surface area contributed by atoms with Gasteiger partial charge in [0.25, 0.3) is 0 Å². The fourth-order valence-electron chi connectivity index (χ4n) is 4.53. The number of ether oxygens (including phenoxy) is 1. The Kier molecular flexibility index (Phi) is 6.73. The van der Waals surface area contributed by atoms with Crippen molar-refractivity contribution < 1.29 is 19.4 Å². The molecule has 5 heteroatoms. The first-order chi connectivity index (χ1) is 16.2. The van der Waals surface area contributed by atoms with Crippen molar-refractivity contribution in [3.63, 3.8) is 0 Å². The van der Waals surface area contributed by atoms with Crippen LogP contribution in [0, 0.1) is 5.41 Å². The Balaban J connectivity index is 1.66. The fourth-order valence-corrected chi connectivity index (χ4v) is 4.53. The van der Waals surface area contributed by atoms with Crippen LogP contribution in [0.4, 0.5) is 0 Å². The van der Waals surface area contributed by atoms with E-state index in [1.165, 1.54) is 0 Å². The van der Waals surface area contributed by atoms with Crippen LogP contribution in [0.5, 0.6) is 5.75 Å². The molecule has 0 aliphatic carbocycles. The summed E-state index contributed by atoms with van der Waals surface area (Å²) in [6.07, 6.45) is 0.815. The molecule has 1 aliphatic rings. The molecular formula is C29H31NO4. The van der Waals surface area contributed by atoms with Crippen LogP contribution in [-0.4, -0.2) is 27.9 Å². The number of benzene rings is 3. The summed E-state index contributed by atoms with van der Waals surface area (Å²) in [5.41, 5.74) is 3.37. The van der Waals surface area contributed by atoms with Crippen LogP contribution in [0.2, 0.25) is 0 Å². The van der Waals surface area contributed by atoms with Gasteiger partial charge in [-0.3, -0.25) is 4.79 Å². The van der Waals surface area contributed by atoms with E-state index in [0.717, 1.165) is 28.0 Å². The molecule has 0 bridgehead atoms. The van der Waals surface area contributed by atoms with E-state index in [2.05, 4.69) is 0 Å². The number of carbonyl (C=O) groups is 2. The zero-order valence-corrected chi connectivity index (χ0v) is 19.9. The molecule has 1 heterocycles. The van der Waals surface area contributed by atoms with Crippen LogP contribution in [0.1, 0.15) is 49.1 Å². The third-order valence-electron chi connectivity index (χ3n) is 6.24. The molecule has 0 fully saturated rings. The molecule has 2 atom stereocenters. The Hall–Kier alpha value is -3.60. The SMILES string of the molecule is CC(C)(C)C(=O)N1[C@H](Cc2cccc(OCc3ccccc3)c2)c2ccccc2C[C@H]1C(=O)O. The standard InChI is InChI=1S/C29H31NO4/c1-29(2,3)28(33)30-25(24-15-8-7-13-22(24)18-26(30)27(31)32)17-21-12-9-14-23(16-21)34-19-20-10-5-4-6-11-20/h4-16,25-26H,17-19H2,1-3H3,(H,31,32)/t25-,26+/m1/s1. The number of carboxylic acid groups (broad SMARTS) is 1. The minimum absolute atomic E-state index is 0.157. The second-order valence-electron chi connectivity index (χ2n) is 9.86. The van der Waals surface area contributed by atoms with E-state index >= 15 is 0 Å². The highest BCUT2D eigenvalue weighted by atomic mass is 16.5. The predicted octanol–water partition coefficient (Wildman–Crippen LogP) is 5.43. The molecule has 1 amide bonds. The van der Waals surface area contributed by atoms with Crippen LogP contribution in [-0.2, 0) is 29.0 Å². The van der Waals surface area contributed by atoms with Gasteiger partial charge in [-0.25, -0.2) is 4.79 Å². The van der Waals surface area contributed by atoms with Gasteiger partial charge >= 0.3 is 5.97 Å². The van der Waals surface area contributed by atoms with Crippen molar-refractivity contribution in [2.45, 2.75) is 52.3 Å². The number of rotatable bonds is 6. The maximum absolute atomic E-state index is 13.5. The van der Waals surface area contributed by atoms with E-state index in [1.807, 2.05) is 99.6 Å². The van der Waals surface area contributed by atoms with Gasteiger partial charge in [0, 0.05) is 11.8 Å². The number of carboxylic acids is 1. The van der Waals surface area contributed by atoms with Crippen molar-refractivity contribution >= 4 is 11.9 Å². The monoisotopic (exact) mass is 457 g/mol. The third-order valence-corrected chi connectivity index (χ3v) is 6.24. The van der Waals surface area contributed by atoms with Gasteiger partial charge in [0.15, 0.2) is 0 Å². The van der Waals surface area contributed by atoms with Crippen molar-refractivity contribution in [3.8, 4) is 5.75 Å². The molecule has 0 radical (unpaired) electrons. The normalized spacial score (nSPS) is 17.7. The molecule has 0 spiro atoms. The van der Waals surface area contributed by atoms with Gasteiger partial charge in [-0.05, 0) is 40.8 Å². The molecular weight excluding hydrogens is 426 g/mol. The molecule has 5 nitrogen and oxygen atoms in total. The van der Waals surface area contributed by atoms with E-state index in [9.17, 15) is 14.7 Å². The molecule has 1 N–H and O–H groups in total. The Bertz CT molecular complexity index is 1170. The van der Waals surface area contributed by atoms with Crippen molar-refractivity contribution in [1.82, 2.24) is 4.90 Å². The number of carbonyl (C=O) groups excluding carboxylic acids is 1. The largest absolute Gasteiger partial charge is 0.489 e. The summed E-state index contributed by atoms with van der Waals surface area (Å²) in [5.74, 6) is -0.387. The molecule has 4 rings (SSSR count). The molecule has 0 unspecified atom stereocenters. The quantitative estimate of drug-likeness (QED) is 0.536. The first-order valence-electron chi connectivity index (χ1n) is 11.6. The summed E-state index contributed by atoms with van der Waals surface area (Å²) in [4.78, 5) is 27.4. The lowest BCUT2D eigenvalue weighted by atomic mass is 9.82. The molecule has 0 aromatic heterocycles. The maximum atomic E-state index is 13.5. The summed E-state index contributed by atoms with van der Waals surface area (Å²) in [6, 6.07) is 24.4. The van der Waals surface area contributed by atoms with Gasteiger partial charge in [0.1, 0.15) is 18.4 Å². The average Bonchev–Trinajstić information content (AvgIpc) is 2.82. The Morgan fingerprint density at radius 3 is 2.32 bits per heavy atom. The van der Waals surface area contributed by atoms with E-state index in [0.29, 0.717) is 19.4 Å². The maximum Gasteiger partial charge on any atom is 0.326 e. The second-order valence-corrected chi connectivity index (χ2v) is 9.86. The first-order valence-corrected chi connectivity index (χ1v) is 11.6. The van der Waals surface area contributed by atoms with Crippen LogP contribution in [0.15, 0.2) is 78.9 Å². The lowest BCUT2D eigenvalue weighted by Crippen LogP contribution is -2.54. The summed E-state index contributed by atoms with van der Waals surface area (Å²) in [6.45, 7) is 5.98. The van der Waals surface area contributed by atoms with Gasteiger partial charge in [-0.2, -0.15) is 0 Å². The highest BCUT2D eigenvalue weighted by molar-refractivity contribution is 5.88. The molecule has 34 heavy (non-hydrogen) atoms. The van der Waals surface area contributed by atoms with Gasteiger partial charge in [-0.15, -0.1) is 0 Å². The van der Waals surface area contributed by atoms with Crippen molar-refractivity contribution in [2.75, 3.05) is 0 Å². The van der Waals surface area contributed by atoms with E-state index in [-0.39, 0.29) is 11.9 Å². The number of amides is 1. The van der Waals surface area contributed by atoms with E-state index in [4.69, 9.17) is 4.74 Å². The smallest absolute Gasteiger partial charge is 0.326 e. The zero-order chi connectivity index (χ0) is 24.3. The van der Waals surface area contributed by atoms with E-state index in [1.54, 1.807) is 4.90 Å². The Morgan fingerprint density at radius 1 is 0.941 bits per heavy atom. The Labute approximate surface area is 201 Å². The first kappa shape index (κ1) is 23.6. The topological polar surface area (TPSA) is 66.8 Å². The highest BCUT2D eigenvalue weighted by Gasteiger charge is 2.44. The fraction of sp³-hybridized carbons (Fsp3) is 0.310. The minimum atomic E-state index is -0.975. The van der Waals surface area contributed by atoms with Crippen LogP contribution in [0.3, 0.4) is 0 Å². The molecule has 0 saturated heterocycles. The molecule has 176 valence electrons.